The third kappa shape index (κ3) is 5.04. The molecule has 3 heterocycles. The number of carbonyl (C=O) groups excluding carboxylic acids is 1. The molecule has 156 valence electrons. The zero-order chi connectivity index (χ0) is 20.8. The molecular weight excluding hydrogens is 394 g/mol. The third-order valence-corrected chi connectivity index (χ3v) is 6.52. The van der Waals surface area contributed by atoms with Crippen LogP contribution in [0.5, 0.6) is 0 Å². The molecule has 2 aromatic heterocycles. The van der Waals surface area contributed by atoms with Crippen LogP contribution >= 0.6 is 11.3 Å². The first-order valence-electron chi connectivity index (χ1n) is 10.4. The van der Waals surface area contributed by atoms with Gasteiger partial charge in [-0.3, -0.25) is 9.69 Å². The second kappa shape index (κ2) is 9.82. The van der Waals surface area contributed by atoms with E-state index >= 15 is 0 Å². The van der Waals surface area contributed by atoms with Crippen LogP contribution in [0.4, 0.5) is 5.82 Å². The Kier molecular flexibility index (Phi) is 6.71. The molecule has 1 amide bonds. The van der Waals surface area contributed by atoms with Crippen molar-refractivity contribution in [2.45, 2.75) is 13.3 Å². The topological polar surface area (TPSA) is 61.4 Å². The van der Waals surface area contributed by atoms with E-state index in [1.165, 1.54) is 10.4 Å². The lowest BCUT2D eigenvalue weighted by molar-refractivity contribution is -0.130. The molecule has 1 aliphatic heterocycles. The van der Waals surface area contributed by atoms with Crippen LogP contribution < -0.4 is 5.32 Å². The summed E-state index contributed by atoms with van der Waals surface area (Å²) in [6, 6.07) is 12.4. The number of nitrogens with zero attached hydrogens (tertiary/aromatic N) is 4. The second-order valence-corrected chi connectivity index (χ2v) is 8.47. The molecule has 0 atom stereocenters. The smallest absolute Gasteiger partial charge is 0.242 e. The SMILES string of the molecule is CCc1cc2c(NCC(=O)N3CCN(C/C=C/c4ccccc4)CC3)ncnc2s1. The van der Waals surface area contributed by atoms with Crippen LogP contribution in [0.1, 0.15) is 17.4 Å². The fourth-order valence-corrected chi connectivity index (χ4v) is 4.51. The van der Waals surface area contributed by atoms with Crippen LogP contribution in [0.2, 0.25) is 0 Å². The van der Waals surface area contributed by atoms with E-state index in [0.29, 0.717) is 0 Å². The van der Waals surface area contributed by atoms with Gasteiger partial charge in [0.1, 0.15) is 17.0 Å². The molecule has 30 heavy (non-hydrogen) atoms. The lowest BCUT2D eigenvalue weighted by Gasteiger charge is -2.34. The number of anilines is 1. The van der Waals surface area contributed by atoms with Gasteiger partial charge in [0, 0.05) is 37.6 Å². The number of aromatic nitrogens is 2. The maximum absolute atomic E-state index is 12.7. The minimum atomic E-state index is 0.118. The van der Waals surface area contributed by atoms with Crippen molar-refractivity contribution in [3.63, 3.8) is 0 Å². The minimum absolute atomic E-state index is 0.118. The summed E-state index contributed by atoms with van der Waals surface area (Å²) in [5.41, 5.74) is 1.22. The average molecular weight is 422 g/mol. The molecule has 1 N–H and O–H groups in total. The van der Waals surface area contributed by atoms with Crippen molar-refractivity contribution in [2.24, 2.45) is 0 Å². The largest absolute Gasteiger partial charge is 0.360 e. The number of thiophene rings is 1. The van der Waals surface area contributed by atoms with Crippen molar-refractivity contribution in [3.05, 3.63) is 59.2 Å². The standard InChI is InChI=1S/C23H27N5OS/c1-2-19-15-20-22(25-17-26-23(20)30-19)24-16-21(29)28-13-11-27(12-14-28)10-6-9-18-7-4-3-5-8-18/h3-9,15,17H,2,10-14,16H2,1H3,(H,24,25,26)/b9-6+. The van der Waals surface area contributed by atoms with Crippen LogP contribution in [0.3, 0.4) is 0 Å². The van der Waals surface area contributed by atoms with Crippen molar-refractivity contribution in [1.82, 2.24) is 19.8 Å². The summed E-state index contributed by atoms with van der Waals surface area (Å²) in [7, 11) is 0. The molecule has 3 aromatic rings. The van der Waals surface area contributed by atoms with Gasteiger partial charge in [0.2, 0.25) is 5.91 Å². The van der Waals surface area contributed by atoms with Crippen LogP contribution in [0, 0.1) is 0 Å². The Bertz CT molecular complexity index is 1010. The van der Waals surface area contributed by atoms with Gasteiger partial charge >= 0.3 is 0 Å². The van der Waals surface area contributed by atoms with E-state index in [4.69, 9.17) is 0 Å². The molecule has 7 heteroatoms. The molecule has 6 nitrogen and oxygen atoms in total. The summed E-state index contributed by atoms with van der Waals surface area (Å²) in [6.45, 7) is 6.61. The molecule has 4 rings (SSSR count). The fourth-order valence-electron chi connectivity index (χ4n) is 3.57. The van der Waals surface area contributed by atoms with Crippen molar-refractivity contribution < 1.29 is 4.79 Å². The lowest BCUT2D eigenvalue weighted by Crippen LogP contribution is -2.50. The number of carbonyl (C=O) groups is 1. The highest BCUT2D eigenvalue weighted by molar-refractivity contribution is 7.18. The highest BCUT2D eigenvalue weighted by atomic mass is 32.1. The summed E-state index contributed by atoms with van der Waals surface area (Å²) in [5, 5.41) is 4.23. The van der Waals surface area contributed by atoms with E-state index in [9.17, 15) is 4.79 Å². The molecule has 0 saturated carbocycles. The Balaban J connectivity index is 1.25. The molecule has 1 fully saturated rings. The number of piperazine rings is 1. The monoisotopic (exact) mass is 421 g/mol. The first-order chi connectivity index (χ1) is 14.7. The van der Waals surface area contributed by atoms with Crippen LogP contribution in [-0.4, -0.2) is 64.9 Å². The molecule has 0 radical (unpaired) electrons. The van der Waals surface area contributed by atoms with Gasteiger partial charge in [-0.05, 0) is 18.1 Å². The number of hydrogen-bond donors (Lipinski definition) is 1. The Morgan fingerprint density at radius 2 is 1.97 bits per heavy atom. The molecule has 0 spiro atoms. The fraction of sp³-hybridized carbons (Fsp3) is 0.348. The van der Waals surface area contributed by atoms with Gasteiger partial charge in [0.15, 0.2) is 0 Å². The third-order valence-electron chi connectivity index (χ3n) is 5.33. The molecular formula is C23H27N5OS. The van der Waals surface area contributed by atoms with E-state index in [0.717, 1.165) is 55.2 Å². The highest BCUT2D eigenvalue weighted by Crippen LogP contribution is 2.28. The Hall–Kier alpha value is -2.77. The number of nitrogens with one attached hydrogen (secondary N) is 1. The normalized spacial score (nSPS) is 15.2. The van der Waals surface area contributed by atoms with E-state index < -0.39 is 0 Å². The van der Waals surface area contributed by atoms with Gasteiger partial charge in [-0.2, -0.15) is 0 Å². The molecule has 1 saturated heterocycles. The van der Waals surface area contributed by atoms with Crippen molar-refractivity contribution in [2.75, 3.05) is 44.6 Å². The Labute approximate surface area is 181 Å². The van der Waals surface area contributed by atoms with E-state index in [2.05, 4.69) is 57.5 Å². The first-order valence-corrected chi connectivity index (χ1v) is 11.2. The number of aryl methyl sites for hydroxylation is 1. The average Bonchev–Trinajstić information content (AvgIpc) is 3.23. The predicted octanol–water partition coefficient (Wildman–Crippen LogP) is 3.52. The predicted molar refractivity (Wildman–Crippen MR) is 124 cm³/mol. The van der Waals surface area contributed by atoms with Gasteiger partial charge in [-0.25, -0.2) is 9.97 Å². The zero-order valence-corrected chi connectivity index (χ0v) is 18.1. The Morgan fingerprint density at radius 3 is 2.73 bits per heavy atom. The number of hydrogen-bond acceptors (Lipinski definition) is 6. The molecule has 0 unspecified atom stereocenters. The maximum atomic E-state index is 12.7. The molecule has 1 aromatic carbocycles. The lowest BCUT2D eigenvalue weighted by atomic mass is 10.2. The summed E-state index contributed by atoms with van der Waals surface area (Å²) in [5.74, 6) is 0.862. The highest BCUT2D eigenvalue weighted by Gasteiger charge is 2.20. The van der Waals surface area contributed by atoms with Crippen LogP contribution in [0.25, 0.3) is 16.3 Å². The first kappa shape index (κ1) is 20.5. The van der Waals surface area contributed by atoms with Gasteiger partial charge in [0.25, 0.3) is 0 Å². The number of fused-ring (bicyclic) bond motifs is 1. The van der Waals surface area contributed by atoms with E-state index in [1.807, 2.05) is 23.1 Å². The van der Waals surface area contributed by atoms with Crippen LogP contribution in [-0.2, 0) is 11.2 Å². The second-order valence-electron chi connectivity index (χ2n) is 7.36. The van der Waals surface area contributed by atoms with Gasteiger partial charge < -0.3 is 10.2 Å². The van der Waals surface area contributed by atoms with Crippen molar-refractivity contribution >= 4 is 39.4 Å². The van der Waals surface area contributed by atoms with E-state index in [1.54, 1.807) is 17.7 Å². The maximum Gasteiger partial charge on any atom is 0.242 e. The van der Waals surface area contributed by atoms with E-state index in [-0.39, 0.29) is 12.5 Å². The molecule has 0 bridgehead atoms. The summed E-state index contributed by atoms with van der Waals surface area (Å²) in [4.78, 5) is 27.9. The summed E-state index contributed by atoms with van der Waals surface area (Å²) < 4.78 is 0. The van der Waals surface area contributed by atoms with Gasteiger partial charge in [-0.15, -0.1) is 11.3 Å². The van der Waals surface area contributed by atoms with Crippen molar-refractivity contribution in [3.8, 4) is 0 Å². The number of rotatable bonds is 7. The van der Waals surface area contributed by atoms with Crippen molar-refractivity contribution in [1.29, 1.82) is 0 Å². The Morgan fingerprint density at radius 1 is 1.17 bits per heavy atom. The van der Waals surface area contributed by atoms with Gasteiger partial charge in [0.05, 0.1) is 11.9 Å². The molecule has 0 aliphatic carbocycles. The summed E-state index contributed by atoms with van der Waals surface area (Å²) in [6.07, 6.45) is 6.88. The molecule has 1 aliphatic rings. The zero-order valence-electron chi connectivity index (χ0n) is 17.3. The minimum Gasteiger partial charge on any atom is -0.360 e. The van der Waals surface area contributed by atoms with Crippen LogP contribution in [0.15, 0.2) is 48.8 Å². The number of amides is 1. The number of benzene rings is 1. The quantitative estimate of drug-likeness (QED) is 0.632. The van der Waals surface area contributed by atoms with Gasteiger partial charge in [-0.1, -0.05) is 49.4 Å². The summed E-state index contributed by atoms with van der Waals surface area (Å²) >= 11 is 1.68.